The second kappa shape index (κ2) is 7.68. The SMILES string of the molecule is COc1cc(/C=N/Nc2nccs2)c2c(c1O)CN1CCc3cc4c(cc3C1C2)OCO4. The fraction of sp³-hybridized carbons (Fsp3) is 0.304. The number of fused-ring (bicyclic) bond motifs is 5. The maximum atomic E-state index is 10.9. The molecule has 2 N–H and O–H groups in total. The number of hydrogen-bond acceptors (Lipinski definition) is 9. The van der Waals surface area contributed by atoms with E-state index in [-0.39, 0.29) is 18.6 Å². The standard InChI is InChI=1S/C23H22N4O4S/c1-29-21-7-14(10-25-26-23-24-3-5-32-23)15-8-18-16-9-20-19(30-12-31-20)6-13(16)2-4-27(18)11-17(15)22(21)28/h3,5-7,9-10,18,28H,2,4,8,11-12H2,1H3,(H,24,26)/b25-10+. The molecule has 0 saturated heterocycles. The first-order valence-corrected chi connectivity index (χ1v) is 11.4. The monoisotopic (exact) mass is 450 g/mol. The highest BCUT2D eigenvalue weighted by Crippen LogP contribution is 2.47. The molecule has 0 radical (unpaired) electrons. The number of methoxy groups -OCH3 is 1. The highest BCUT2D eigenvalue weighted by atomic mass is 32.1. The fourth-order valence-corrected chi connectivity index (χ4v) is 5.33. The zero-order valence-corrected chi connectivity index (χ0v) is 18.3. The Hall–Kier alpha value is -3.30. The number of aromatic nitrogens is 1. The second-order valence-corrected chi connectivity index (χ2v) is 8.92. The number of nitrogens with zero attached hydrogens (tertiary/aromatic N) is 3. The van der Waals surface area contributed by atoms with Gasteiger partial charge in [-0.15, -0.1) is 11.3 Å². The molecule has 3 aliphatic heterocycles. The molecule has 3 aromatic rings. The Labute approximate surface area is 189 Å². The van der Waals surface area contributed by atoms with Gasteiger partial charge in [0.1, 0.15) is 0 Å². The Bertz CT molecular complexity index is 1210. The number of ether oxygens (including phenoxy) is 3. The van der Waals surface area contributed by atoms with Crippen LogP contribution in [0.2, 0.25) is 0 Å². The summed E-state index contributed by atoms with van der Waals surface area (Å²) in [7, 11) is 1.57. The summed E-state index contributed by atoms with van der Waals surface area (Å²) >= 11 is 1.48. The summed E-state index contributed by atoms with van der Waals surface area (Å²) in [5, 5.41) is 17.9. The summed E-state index contributed by atoms with van der Waals surface area (Å²) in [6.45, 7) is 1.84. The lowest BCUT2D eigenvalue weighted by Crippen LogP contribution is -2.39. The van der Waals surface area contributed by atoms with Crippen molar-refractivity contribution in [2.75, 3.05) is 25.9 Å². The van der Waals surface area contributed by atoms with E-state index >= 15 is 0 Å². The van der Waals surface area contributed by atoms with Gasteiger partial charge in [-0.05, 0) is 47.7 Å². The van der Waals surface area contributed by atoms with Crippen LogP contribution in [0.3, 0.4) is 0 Å². The van der Waals surface area contributed by atoms with Crippen molar-refractivity contribution >= 4 is 22.7 Å². The highest BCUT2D eigenvalue weighted by Gasteiger charge is 2.36. The van der Waals surface area contributed by atoms with Crippen molar-refractivity contribution in [1.29, 1.82) is 0 Å². The van der Waals surface area contributed by atoms with E-state index in [1.54, 1.807) is 19.5 Å². The zero-order valence-electron chi connectivity index (χ0n) is 17.5. The topological polar surface area (TPSA) is 88.4 Å². The third-order valence-corrected chi connectivity index (χ3v) is 7.07. The third-order valence-electron chi connectivity index (χ3n) is 6.40. The van der Waals surface area contributed by atoms with Crippen LogP contribution in [0, 0.1) is 0 Å². The third kappa shape index (κ3) is 3.16. The molecule has 2 aromatic carbocycles. The number of anilines is 1. The first-order chi connectivity index (χ1) is 15.7. The van der Waals surface area contributed by atoms with Gasteiger partial charge in [0.15, 0.2) is 23.0 Å². The lowest BCUT2D eigenvalue weighted by Gasteiger charge is -2.42. The van der Waals surface area contributed by atoms with Crippen molar-refractivity contribution in [3.8, 4) is 23.0 Å². The first kappa shape index (κ1) is 19.4. The van der Waals surface area contributed by atoms with Crippen LogP contribution in [0.5, 0.6) is 23.0 Å². The average molecular weight is 451 g/mol. The van der Waals surface area contributed by atoms with Crippen LogP contribution in [-0.2, 0) is 19.4 Å². The van der Waals surface area contributed by atoms with Gasteiger partial charge in [0.2, 0.25) is 11.9 Å². The molecule has 164 valence electrons. The van der Waals surface area contributed by atoms with Gasteiger partial charge in [-0.3, -0.25) is 10.3 Å². The van der Waals surface area contributed by atoms with Crippen LogP contribution in [0.15, 0.2) is 34.9 Å². The molecule has 1 aromatic heterocycles. The maximum absolute atomic E-state index is 10.9. The van der Waals surface area contributed by atoms with Gasteiger partial charge >= 0.3 is 0 Å². The lowest BCUT2D eigenvalue weighted by molar-refractivity contribution is 0.157. The molecule has 1 atom stereocenters. The van der Waals surface area contributed by atoms with E-state index in [9.17, 15) is 5.11 Å². The minimum absolute atomic E-state index is 0.201. The predicted molar refractivity (Wildman–Crippen MR) is 121 cm³/mol. The lowest BCUT2D eigenvalue weighted by atomic mass is 9.82. The number of hydrazone groups is 1. The summed E-state index contributed by atoms with van der Waals surface area (Å²) in [4.78, 5) is 6.61. The maximum Gasteiger partial charge on any atom is 0.231 e. The highest BCUT2D eigenvalue weighted by molar-refractivity contribution is 7.13. The Kier molecular flexibility index (Phi) is 4.65. The molecule has 0 bridgehead atoms. The largest absolute Gasteiger partial charge is 0.504 e. The number of benzene rings is 2. The number of phenolic OH excluding ortho intramolecular Hbond substituents is 1. The van der Waals surface area contributed by atoms with E-state index in [4.69, 9.17) is 14.2 Å². The molecule has 0 amide bonds. The molecule has 0 saturated carbocycles. The van der Waals surface area contributed by atoms with Crippen LogP contribution < -0.4 is 19.6 Å². The van der Waals surface area contributed by atoms with E-state index < -0.39 is 0 Å². The molecule has 0 fully saturated rings. The minimum atomic E-state index is 0.201. The van der Waals surface area contributed by atoms with E-state index in [1.165, 1.54) is 22.5 Å². The van der Waals surface area contributed by atoms with Crippen molar-refractivity contribution < 1.29 is 19.3 Å². The molecule has 0 aliphatic carbocycles. The fourth-order valence-electron chi connectivity index (χ4n) is 4.85. The van der Waals surface area contributed by atoms with Gasteiger partial charge in [-0.25, -0.2) is 4.98 Å². The Morgan fingerprint density at radius 3 is 2.97 bits per heavy atom. The van der Waals surface area contributed by atoms with Crippen LogP contribution in [-0.4, -0.2) is 41.7 Å². The van der Waals surface area contributed by atoms with Gasteiger partial charge in [-0.1, -0.05) is 0 Å². The molecule has 9 heteroatoms. The number of phenols is 1. The van der Waals surface area contributed by atoms with Crippen LogP contribution in [0.4, 0.5) is 5.13 Å². The molecular weight excluding hydrogens is 428 g/mol. The molecule has 0 spiro atoms. The summed E-state index contributed by atoms with van der Waals surface area (Å²) < 4.78 is 16.7. The molecule has 8 nitrogen and oxygen atoms in total. The second-order valence-electron chi connectivity index (χ2n) is 8.03. The number of aromatic hydroxyl groups is 1. The van der Waals surface area contributed by atoms with Crippen LogP contribution in [0.1, 0.15) is 33.9 Å². The van der Waals surface area contributed by atoms with Crippen molar-refractivity contribution in [2.45, 2.75) is 25.4 Å². The van der Waals surface area contributed by atoms with Crippen molar-refractivity contribution in [3.05, 3.63) is 57.6 Å². The van der Waals surface area contributed by atoms with E-state index in [0.717, 1.165) is 52.7 Å². The van der Waals surface area contributed by atoms with Crippen molar-refractivity contribution in [3.63, 3.8) is 0 Å². The molecule has 6 rings (SSSR count). The smallest absolute Gasteiger partial charge is 0.231 e. The number of thiazole rings is 1. The number of hydrogen-bond donors (Lipinski definition) is 2. The molecule has 1 unspecified atom stereocenters. The van der Waals surface area contributed by atoms with Gasteiger partial charge in [0, 0.05) is 41.8 Å². The van der Waals surface area contributed by atoms with Gasteiger partial charge in [-0.2, -0.15) is 5.10 Å². The van der Waals surface area contributed by atoms with Crippen molar-refractivity contribution in [1.82, 2.24) is 9.88 Å². The Balaban J connectivity index is 1.39. The summed E-state index contributed by atoms with van der Waals surface area (Å²) in [5.41, 5.74) is 8.45. The van der Waals surface area contributed by atoms with E-state index in [2.05, 4.69) is 32.5 Å². The number of rotatable bonds is 4. The van der Waals surface area contributed by atoms with Crippen LogP contribution in [0.25, 0.3) is 0 Å². The first-order valence-electron chi connectivity index (χ1n) is 10.5. The summed E-state index contributed by atoms with van der Waals surface area (Å²) in [5.74, 6) is 2.31. The van der Waals surface area contributed by atoms with Gasteiger partial charge < -0.3 is 19.3 Å². The van der Waals surface area contributed by atoms with Gasteiger partial charge in [0.25, 0.3) is 0 Å². The summed E-state index contributed by atoms with van der Waals surface area (Å²) in [6, 6.07) is 6.30. The predicted octanol–water partition coefficient (Wildman–Crippen LogP) is 3.69. The summed E-state index contributed by atoms with van der Waals surface area (Å²) in [6.07, 6.45) is 5.21. The van der Waals surface area contributed by atoms with E-state index in [1.807, 2.05) is 11.4 Å². The van der Waals surface area contributed by atoms with Gasteiger partial charge in [0.05, 0.1) is 13.3 Å². The molecule has 3 aliphatic rings. The molecule has 32 heavy (non-hydrogen) atoms. The Morgan fingerprint density at radius 2 is 2.16 bits per heavy atom. The molecular formula is C23H22N4O4S. The number of nitrogens with one attached hydrogen (secondary N) is 1. The normalized spacial score (nSPS) is 18.8. The zero-order chi connectivity index (χ0) is 21.7. The quantitative estimate of drug-likeness (QED) is 0.463. The minimum Gasteiger partial charge on any atom is -0.504 e. The Morgan fingerprint density at radius 1 is 1.28 bits per heavy atom. The molecule has 4 heterocycles. The van der Waals surface area contributed by atoms with Crippen LogP contribution >= 0.6 is 11.3 Å². The van der Waals surface area contributed by atoms with Crippen molar-refractivity contribution in [2.24, 2.45) is 5.10 Å². The average Bonchev–Trinajstić information content (AvgIpc) is 3.50. The van der Waals surface area contributed by atoms with E-state index in [0.29, 0.717) is 12.3 Å².